The third-order valence-corrected chi connectivity index (χ3v) is 7.49. The summed E-state index contributed by atoms with van der Waals surface area (Å²) in [5, 5.41) is 7.32. The van der Waals surface area contributed by atoms with Crippen molar-refractivity contribution >= 4 is 16.0 Å². The number of aryl methyl sites for hydroxylation is 2. The summed E-state index contributed by atoms with van der Waals surface area (Å²) < 4.78 is 54.2. The van der Waals surface area contributed by atoms with Gasteiger partial charge in [0.25, 0.3) is 0 Å². The van der Waals surface area contributed by atoms with E-state index in [1.807, 2.05) is 6.92 Å². The molecular formula is C25H30N6O6S. The summed E-state index contributed by atoms with van der Waals surface area (Å²) in [6, 6.07) is 8.68. The number of anilines is 1. The van der Waals surface area contributed by atoms with Gasteiger partial charge in [-0.05, 0) is 57.5 Å². The van der Waals surface area contributed by atoms with Crippen LogP contribution in [0, 0.1) is 13.8 Å². The van der Waals surface area contributed by atoms with Crippen LogP contribution in [0.1, 0.15) is 37.1 Å². The molecule has 4 rings (SSSR count). The molecule has 12 nitrogen and oxygen atoms in total. The summed E-state index contributed by atoms with van der Waals surface area (Å²) in [5.41, 5.74) is 1.23. The Morgan fingerprint density at radius 3 is 2.24 bits per heavy atom. The van der Waals surface area contributed by atoms with Gasteiger partial charge in [0.05, 0.1) is 14.2 Å². The van der Waals surface area contributed by atoms with Crippen LogP contribution in [0.3, 0.4) is 0 Å². The highest BCUT2D eigenvalue weighted by atomic mass is 32.2. The number of hydrogen-bond acceptors (Lipinski definition) is 10. The number of methoxy groups -OCH3 is 2. The van der Waals surface area contributed by atoms with Crippen LogP contribution in [-0.2, 0) is 14.8 Å². The number of nitrogens with zero attached hydrogens (tertiary/aromatic N) is 5. The quantitative estimate of drug-likeness (QED) is 0.297. The van der Waals surface area contributed by atoms with Crippen LogP contribution in [0.15, 0.2) is 47.1 Å². The van der Waals surface area contributed by atoms with Gasteiger partial charge in [0, 0.05) is 19.0 Å². The maximum Gasteiger partial charge on any atom is 0.243 e. The Kier molecular flexibility index (Phi) is 7.97. The van der Waals surface area contributed by atoms with Crippen molar-refractivity contribution in [3.05, 3.63) is 59.9 Å². The molecule has 0 radical (unpaired) electrons. The van der Waals surface area contributed by atoms with Gasteiger partial charge in [0.2, 0.25) is 21.8 Å². The minimum Gasteiger partial charge on any atom is -0.494 e. The molecule has 2 atom stereocenters. The van der Waals surface area contributed by atoms with E-state index < -0.39 is 21.4 Å². The van der Waals surface area contributed by atoms with Crippen LogP contribution in [0.4, 0.5) is 5.95 Å². The zero-order valence-corrected chi connectivity index (χ0v) is 22.8. The molecule has 0 saturated heterocycles. The summed E-state index contributed by atoms with van der Waals surface area (Å²) in [7, 11) is -1.12. The SMILES string of the molecule is CCO[C@H](c1ncc(C)cn1)[C@@H](C)S(=O)(=O)Nc1nnc(-c2ccc(C)o2)n1-c1c(OC)cccc1OC. The van der Waals surface area contributed by atoms with Gasteiger partial charge in [0.15, 0.2) is 11.6 Å². The first-order valence-electron chi connectivity index (χ1n) is 11.9. The first-order valence-corrected chi connectivity index (χ1v) is 13.4. The number of furan rings is 1. The standard InChI is InChI=1S/C25H30N6O6S/c1-7-36-22(23-26-13-15(2)14-27-23)17(4)38(32,33)30-25-29-28-24(20-12-11-16(3)37-20)31(25)21-18(34-5)9-8-10-19(21)35-6/h8-14,17,22H,7H2,1-6H3,(H,29,30)/t17-,22+/m1/s1. The van der Waals surface area contributed by atoms with E-state index in [0.717, 1.165) is 5.56 Å². The molecule has 0 aliphatic rings. The monoisotopic (exact) mass is 542 g/mol. The van der Waals surface area contributed by atoms with Crippen molar-refractivity contribution in [1.82, 2.24) is 24.7 Å². The topological polar surface area (TPSA) is 143 Å². The van der Waals surface area contributed by atoms with Crippen molar-refractivity contribution in [2.24, 2.45) is 0 Å². The number of para-hydroxylation sites is 1. The molecule has 3 aromatic heterocycles. The van der Waals surface area contributed by atoms with Gasteiger partial charge in [-0.15, -0.1) is 10.2 Å². The molecule has 0 saturated carbocycles. The molecule has 0 spiro atoms. The minimum atomic E-state index is -4.12. The van der Waals surface area contributed by atoms with E-state index >= 15 is 0 Å². The zero-order valence-electron chi connectivity index (χ0n) is 22.0. The summed E-state index contributed by atoms with van der Waals surface area (Å²) >= 11 is 0. The largest absolute Gasteiger partial charge is 0.494 e. The first kappa shape index (κ1) is 27.1. The smallest absolute Gasteiger partial charge is 0.243 e. The Labute approximate surface area is 221 Å². The molecule has 1 aromatic carbocycles. The van der Waals surface area contributed by atoms with Crippen molar-refractivity contribution < 1.29 is 27.0 Å². The third-order valence-electron chi connectivity index (χ3n) is 5.80. The van der Waals surface area contributed by atoms with Crippen LogP contribution in [-0.4, -0.2) is 59.2 Å². The van der Waals surface area contributed by atoms with Crippen LogP contribution in [0.2, 0.25) is 0 Å². The molecule has 1 N–H and O–H groups in total. The number of aromatic nitrogens is 5. The molecule has 0 amide bonds. The Hall–Kier alpha value is -3.97. The molecule has 38 heavy (non-hydrogen) atoms. The molecule has 0 fully saturated rings. The maximum absolute atomic E-state index is 13.7. The number of hydrogen-bond donors (Lipinski definition) is 1. The van der Waals surface area contributed by atoms with Crippen molar-refractivity contribution in [2.75, 3.05) is 25.5 Å². The second-order valence-corrected chi connectivity index (χ2v) is 10.5. The third kappa shape index (κ3) is 5.34. The fourth-order valence-corrected chi connectivity index (χ4v) is 4.96. The van der Waals surface area contributed by atoms with E-state index in [-0.39, 0.29) is 24.2 Å². The molecule has 13 heteroatoms. The molecule has 0 bridgehead atoms. The van der Waals surface area contributed by atoms with E-state index in [1.54, 1.807) is 56.6 Å². The Morgan fingerprint density at radius 2 is 1.68 bits per heavy atom. The Morgan fingerprint density at radius 1 is 1.03 bits per heavy atom. The highest BCUT2D eigenvalue weighted by Gasteiger charge is 2.35. The number of rotatable bonds is 11. The normalized spacial score (nSPS) is 13.2. The van der Waals surface area contributed by atoms with Crippen LogP contribution < -0.4 is 14.2 Å². The van der Waals surface area contributed by atoms with Gasteiger partial charge in [-0.3, -0.25) is 9.29 Å². The zero-order chi connectivity index (χ0) is 27.4. The maximum atomic E-state index is 13.7. The lowest BCUT2D eigenvalue weighted by Crippen LogP contribution is -2.34. The summed E-state index contributed by atoms with van der Waals surface area (Å²) in [6.45, 7) is 7.19. The van der Waals surface area contributed by atoms with Crippen LogP contribution >= 0.6 is 0 Å². The van der Waals surface area contributed by atoms with E-state index in [1.165, 1.54) is 25.7 Å². The van der Waals surface area contributed by atoms with E-state index in [4.69, 9.17) is 18.6 Å². The lowest BCUT2D eigenvalue weighted by molar-refractivity contribution is 0.0557. The molecule has 202 valence electrons. The van der Waals surface area contributed by atoms with E-state index in [2.05, 4.69) is 24.9 Å². The molecule has 4 aromatic rings. The molecule has 0 unspecified atom stereocenters. The lowest BCUT2D eigenvalue weighted by Gasteiger charge is -2.23. The first-order chi connectivity index (χ1) is 18.2. The fourth-order valence-electron chi connectivity index (χ4n) is 3.86. The molecule has 3 heterocycles. The highest BCUT2D eigenvalue weighted by molar-refractivity contribution is 7.93. The number of sulfonamides is 1. The number of nitrogens with one attached hydrogen (secondary N) is 1. The summed E-state index contributed by atoms with van der Waals surface area (Å²) in [4.78, 5) is 8.58. The van der Waals surface area contributed by atoms with Gasteiger partial charge in [-0.2, -0.15) is 0 Å². The van der Waals surface area contributed by atoms with Crippen LogP contribution in [0.5, 0.6) is 11.5 Å². The number of benzene rings is 1. The average molecular weight is 543 g/mol. The van der Waals surface area contributed by atoms with Gasteiger partial charge in [0.1, 0.15) is 34.3 Å². The second kappa shape index (κ2) is 11.2. The van der Waals surface area contributed by atoms with E-state index in [9.17, 15) is 8.42 Å². The van der Waals surface area contributed by atoms with Crippen molar-refractivity contribution in [3.63, 3.8) is 0 Å². The van der Waals surface area contributed by atoms with Crippen molar-refractivity contribution in [1.29, 1.82) is 0 Å². The van der Waals surface area contributed by atoms with E-state index in [0.29, 0.717) is 28.7 Å². The summed E-state index contributed by atoms with van der Waals surface area (Å²) in [6.07, 6.45) is 2.30. The van der Waals surface area contributed by atoms with Gasteiger partial charge in [-0.25, -0.2) is 18.4 Å². The predicted octanol–water partition coefficient (Wildman–Crippen LogP) is 3.86. The minimum absolute atomic E-state index is 0.0937. The number of ether oxygens (including phenoxy) is 3. The molecular weight excluding hydrogens is 512 g/mol. The van der Waals surface area contributed by atoms with Crippen LogP contribution in [0.25, 0.3) is 17.3 Å². The van der Waals surface area contributed by atoms with Gasteiger partial charge < -0.3 is 18.6 Å². The Balaban J connectivity index is 1.82. The Bertz CT molecular complexity index is 1480. The van der Waals surface area contributed by atoms with Gasteiger partial charge in [-0.1, -0.05) is 6.07 Å². The van der Waals surface area contributed by atoms with Crippen molar-refractivity contribution in [2.45, 2.75) is 39.0 Å². The van der Waals surface area contributed by atoms with Crippen molar-refractivity contribution in [3.8, 4) is 28.8 Å². The predicted molar refractivity (Wildman–Crippen MR) is 140 cm³/mol. The fraction of sp³-hybridized carbons (Fsp3) is 0.360. The lowest BCUT2D eigenvalue weighted by atomic mass is 10.2. The van der Waals surface area contributed by atoms with Gasteiger partial charge >= 0.3 is 0 Å². The highest BCUT2D eigenvalue weighted by Crippen LogP contribution is 2.38. The average Bonchev–Trinajstić information content (AvgIpc) is 3.52. The molecule has 0 aliphatic carbocycles. The summed E-state index contributed by atoms with van der Waals surface area (Å²) in [5.74, 6) is 2.25. The second-order valence-electron chi connectivity index (χ2n) is 8.45. The molecule has 0 aliphatic heterocycles.